The number of amides is 1. The number of aromatic nitrogens is 2. The molecule has 26 heavy (non-hydrogen) atoms. The molecule has 0 aliphatic carbocycles. The van der Waals surface area contributed by atoms with Gasteiger partial charge in [-0.1, -0.05) is 29.8 Å². The van der Waals surface area contributed by atoms with Crippen LogP contribution in [0.3, 0.4) is 0 Å². The Morgan fingerprint density at radius 3 is 2.65 bits per heavy atom. The summed E-state index contributed by atoms with van der Waals surface area (Å²) in [5.41, 5.74) is 1.74. The quantitative estimate of drug-likeness (QED) is 0.779. The first-order valence-corrected chi connectivity index (χ1v) is 7.75. The highest BCUT2D eigenvalue weighted by atomic mass is 19.1. The number of benzene rings is 2. The fraction of sp³-hybridized carbons (Fsp3) is 0.105. The Hall–Kier alpha value is -3.53. The molecule has 7 heteroatoms. The van der Waals surface area contributed by atoms with Crippen molar-refractivity contribution < 1.29 is 13.6 Å². The number of carbonyl (C=O) groups is 1. The van der Waals surface area contributed by atoms with E-state index in [0.29, 0.717) is 6.54 Å². The van der Waals surface area contributed by atoms with Crippen molar-refractivity contribution in [3.63, 3.8) is 0 Å². The molecule has 0 aliphatic rings. The molecular weight excluding hydrogens is 338 g/mol. The van der Waals surface area contributed by atoms with E-state index < -0.39 is 23.1 Å². The predicted molar refractivity (Wildman–Crippen MR) is 91.5 cm³/mol. The summed E-state index contributed by atoms with van der Waals surface area (Å²) >= 11 is 0. The van der Waals surface area contributed by atoms with E-state index >= 15 is 0 Å². The Morgan fingerprint density at radius 1 is 1.23 bits per heavy atom. The van der Waals surface area contributed by atoms with E-state index in [4.69, 9.17) is 0 Å². The van der Waals surface area contributed by atoms with Crippen LogP contribution in [-0.4, -0.2) is 15.5 Å². The molecule has 0 spiro atoms. The maximum atomic E-state index is 13.7. The summed E-state index contributed by atoms with van der Waals surface area (Å²) in [4.78, 5) is 16.2. The van der Waals surface area contributed by atoms with E-state index in [2.05, 4.69) is 10.3 Å². The molecule has 0 aliphatic heterocycles. The van der Waals surface area contributed by atoms with Gasteiger partial charge in [0.25, 0.3) is 5.91 Å². The van der Waals surface area contributed by atoms with Gasteiger partial charge in [0.2, 0.25) is 0 Å². The predicted octanol–water partition coefficient (Wildman–Crippen LogP) is 3.64. The summed E-state index contributed by atoms with van der Waals surface area (Å²) in [6, 6.07) is 12.3. The van der Waals surface area contributed by atoms with Crippen LogP contribution >= 0.6 is 0 Å². The first-order chi connectivity index (χ1) is 12.5. The summed E-state index contributed by atoms with van der Waals surface area (Å²) in [7, 11) is 0. The Kier molecular flexibility index (Phi) is 4.76. The third kappa shape index (κ3) is 3.59. The van der Waals surface area contributed by atoms with Crippen molar-refractivity contribution >= 4 is 11.7 Å². The van der Waals surface area contributed by atoms with Crippen molar-refractivity contribution in [3.05, 3.63) is 82.8 Å². The average Bonchev–Trinajstić information content (AvgIpc) is 3.00. The molecule has 0 radical (unpaired) electrons. The Bertz CT molecular complexity index is 1000. The molecule has 3 aromatic rings. The minimum Gasteiger partial charge on any atom is -0.316 e. The van der Waals surface area contributed by atoms with E-state index in [0.717, 1.165) is 29.3 Å². The number of nitriles is 1. The van der Waals surface area contributed by atoms with Crippen molar-refractivity contribution in [2.45, 2.75) is 13.5 Å². The average molecular weight is 352 g/mol. The molecule has 0 saturated heterocycles. The molecule has 5 nitrogen and oxygen atoms in total. The van der Waals surface area contributed by atoms with Gasteiger partial charge in [-0.05, 0) is 30.7 Å². The van der Waals surface area contributed by atoms with Crippen LogP contribution in [0.4, 0.5) is 14.6 Å². The van der Waals surface area contributed by atoms with Gasteiger partial charge in [-0.15, -0.1) is 0 Å². The highest BCUT2D eigenvalue weighted by Crippen LogP contribution is 2.17. The summed E-state index contributed by atoms with van der Waals surface area (Å²) in [6.07, 6.45) is 1.41. The molecule has 0 fully saturated rings. The monoisotopic (exact) mass is 352 g/mol. The molecule has 1 aromatic heterocycles. The fourth-order valence-corrected chi connectivity index (χ4v) is 2.45. The van der Waals surface area contributed by atoms with Crippen molar-refractivity contribution in [1.82, 2.24) is 9.55 Å². The number of rotatable bonds is 4. The van der Waals surface area contributed by atoms with Crippen LogP contribution in [0.2, 0.25) is 0 Å². The first-order valence-electron chi connectivity index (χ1n) is 7.75. The number of imidazole rings is 1. The lowest BCUT2D eigenvalue weighted by molar-refractivity contribution is 0.102. The van der Waals surface area contributed by atoms with Gasteiger partial charge < -0.3 is 9.88 Å². The van der Waals surface area contributed by atoms with E-state index in [-0.39, 0.29) is 11.5 Å². The van der Waals surface area contributed by atoms with Crippen LogP contribution in [0.1, 0.15) is 27.2 Å². The third-order valence-corrected chi connectivity index (χ3v) is 3.82. The van der Waals surface area contributed by atoms with Gasteiger partial charge in [0.1, 0.15) is 17.7 Å². The smallest absolute Gasteiger partial charge is 0.259 e. The largest absolute Gasteiger partial charge is 0.316 e. The van der Waals surface area contributed by atoms with Crippen molar-refractivity contribution in [2.24, 2.45) is 0 Å². The summed E-state index contributed by atoms with van der Waals surface area (Å²) in [5.74, 6) is -2.48. The lowest BCUT2D eigenvalue weighted by Gasteiger charge is -2.07. The number of hydrogen-bond acceptors (Lipinski definition) is 3. The Labute approximate surface area is 148 Å². The number of hydrogen-bond donors (Lipinski definition) is 1. The molecule has 2 aromatic carbocycles. The number of nitrogens with zero attached hydrogens (tertiary/aromatic N) is 3. The molecule has 3 rings (SSSR count). The minimum absolute atomic E-state index is 0.00623. The fourth-order valence-electron chi connectivity index (χ4n) is 2.45. The van der Waals surface area contributed by atoms with E-state index in [1.54, 1.807) is 4.57 Å². The van der Waals surface area contributed by atoms with E-state index in [1.165, 1.54) is 6.33 Å². The topological polar surface area (TPSA) is 70.7 Å². The summed E-state index contributed by atoms with van der Waals surface area (Å²) in [6.45, 7) is 2.36. The number of carbonyl (C=O) groups excluding carboxylic acids is 1. The van der Waals surface area contributed by atoms with E-state index in [9.17, 15) is 18.8 Å². The molecule has 0 saturated carbocycles. The molecule has 0 bridgehead atoms. The zero-order chi connectivity index (χ0) is 18.7. The van der Waals surface area contributed by atoms with Crippen LogP contribution in [-0.2, 0) is 6.54 Å². The normalized spacial score (nSPS) is 10.4. The maximum absolute atomic E-state index is 13.7. The molecule has 130 valence electrons. The minimum atomic E-state index is -0.876. The van der Waals surface area contributed by atoms with E-state index in [1.807, 2.05) is 37.3 Å². The highest BCUT2D eigenvalue weighted by molar-refractivity contribution is 6.04. The van der Waals surface area contributed by atoms with Crippen LogP contribution in [0.25, 0.3) is 0 Å². The van der Waals surface area contributed by atoms with Gasteiger partial charge in [-0.25, -0.2) is 13.8 Å². The lowest BCUT2D eigenvalue weighted by Crippen LogP contribution is -2.15. The van der Waals surface area contributed by atoms with Crippen LogP contribution in [0.5, 0.6) is 0 Å². The first kappa shape index (κ1) is 17.3. The van der Waals surface area contributed by atoms with Gasteiger partial charge in [-0.2, -0.15) is 5.26 Å². The molecule has 0 atom stereocenters. The van der Waals surface area contributed by atoms with Crippen LogP contribution < -0.4 is 5.32 Å². The summed E-state index contributed by atoms with van der Waals surface area (Å²) in [5, 5.41) is 11.8. The lowest BCUT2D eigenvalue weighted by atomic mass is 10.1. The molecule has 1 N–H and O–H groups in total. The second-order valence-corrected chi connectivity index (χ2v) is 5.75. The van der Waals surface area contributed by atoms with Crippen LogP contribution in [0, 0.1) is 29.9 Å². The van der Waals surface area contributed by atoms with Gasteiger partial charge in [0, 0.05) is 6.54 Å². The maximum Gasteiger partial charge on any atom is 0.259 e. The number of nitrogens with one attached hydrogen (secondary N) is 1. The highest BCUT2D eigenvalue weighted by Gasteiger charge is 2.18. The van der Waals surface area contributed by atoms with Gasteiger partial charge in [0.15, 0.2) is 11.5 Å². The zero-order valence-corrected chi connectivity index (χ0v) is 13.8. The van der Waals surface area contributed by atoms with Crippen molar-refractivity contribution in [2.75, 3.05) is 5.32 Å². The van der Waals surface area contributed by atoms with Gasteiger partial charge in [0.05, 0.1) is 11.9 Å². The van der Waals surface area contributed by atoms with Crippen LogP contribution in [0.15, 0.2) is 48.8 Å². The third-order valence-electron chi connectivity index (χ3n) is 3.82. The molecule has 0 unspecified atom stereocenters. The standard InChI is InChI=1S/C19H14F2N4O/c1-12-2-4-13(5-3-12)10-25-11-23-18(17(25)9-22)24-19(26)15-8-14(20)6-7-16(15)21/h2-8,11H,10H2,1H3,(H,24,26). The zero-order valence-electron chi connectivity index (χ0n) is 13.8. The van der Waals surface area contributed by atoms with Crippen molar-refractivity contribution in [1.29, 1.82) is 5.26 Å². The second-order valence-electron chi connectivity index (χ2n) is 5.75. The Morgan fingerprint density at radius 2 is 1.96 bits per heavy atom. The number of aryl methyl sites for hydroxylation is 1. The SMILES string of the molecule is Cc1ccc(Cn2cnc(NC(=O)c3cc(F)ccc3F)c2C#N)cc1. The Balaban J connectivity index is 1.84. The number of halogens is 2. The van der Waals surface area contributed by atoms with Crippen molar-refractivity contribution in [3.8, 4) is 6.07 Å². The summed E-state index contributed by atoms with van der Waals surface area (Å²) < 4.78 is 28.5. The molecular formula is C19H14F2N4O. The number of anilines is 1. The second kappa shape index (κ2) is 7.15. The molecule has 1 amide bonds. The van der Waals surface area contributed by atoms with Gasteiger partial charge >= 0.3 is 0 Å². The van der Waals surface area contributed by atoms with Gasteiger partial charge in [-0.3, -0.25) is 4.79 Å². The molecule has 1 heterocycles.